The van der Waals surface area contributed by atoms with Gasteiger partial charge in [-0.05, 0) is 20.3 Å². The van der Waals surface area contributed by atoms with Crippen molar-refractivity contribution in [3.05, 3.63) is 0 Å². The topological polar surface area (TPSA) is 12.5 Å². The summed E-state index contributed by atoms with van der Waals surface area (Å²) in [4.78, 5) is 2.51. The molecule has 0 saturated carbocycles. The Hall–Kier alpha value is -0.0800. The van der Waals surface area contributed by atoms with Gasteiger partial charge in [0.05, 0.1) is 12.7 Å². The molecule has 0 bridgehead atoms. The lowest BCUT2D eigenvalue weighted by atomic mass is 10.2. The average Bonchev–Trinajstić information content (AvgIpc) is 2.03. The second-order valence-corrected chi connectivity index (χ2v) is 3.43. The van der Waals surface area contributed by atoms with Gasteiger partial charge < -0.3 is 4.74 Å². The van der Waals surface area contributed by atoms with E-state index in [1.807, 2.05) is 0 Å². The molecule has 1 fully saturated rings. The third-order valence-electron chi connectivity index (χ3n) is 2.49. The molecule has 2 nitrogen and oxygen atoms in total. The van der Waals surface area contributed by atoms with Crippen LogP contribution in [0, 0.1) is 0 Å². The van der Waals surface area contributed by atoms with Crippen LogP contribution in [0.1, 0.15) is 27.2 Å². The van der Waals surface area contributed by atoms with E-state index in [9.17, 15) is 0 Å². The molecule has 0 aliphatic carbocycles. The first-order valence-electron chi connectivity index (χ1n) is 4.59. The molecule has 2 atom stereocenters. The highest BCUT2D eigenvalue weighted by molar-refractivity contribution is 4.72. The second kappa shape index (κ2) is 4.07. The highest BCUT2D eigenvalue weighted by Gasteiger charge is 2.19. The summed E-state index contributed by atoms with van der Waals surface area (Å²) in [5.74, 6) is 0. The van der Waals surface area contributed by atoms with Gasteiger partial charge in [0, 0.05) is 19.1 Å². The van der Waals surface area contributed by atoms with Crippen LogP contribution >= 0.6 is 0 Å². The van der Waals surface area contributed by atoms with Crippen LogP contribution in [0.3, 0.4) is 0 Å². The lowest BCUT2D eigenvalue weighted by Gasteiger charge is -2.35. The molecule has 1 aliphatic rings. The maximum atomic E-state index is 5.46. The van der Waals surface area contributed by atoms with Crippen LogP contribution in [0.2, 0.25) is 0 Å². The maximum Gasteiger partial charge on any atom is 0.0674 e. The van der Waals surface area contributed by atoms with Crippen LogP contribution in [0.5, 0.6) is 0 Å². The van der Waals surface area contributed by atoms with Gasteiger partial charge in [-0.25, -0.2) is 0 Å². The van der Waals surface area contributed by atoms with Gasteiger partial charge in [-0.2, -0.15) is 0 Å². The minimum absolute atomic E-state index is 0.428. The summed E-state index contributed by atoms with van der Waals surface area (Å²) in [6.45, 7) is 9.80. The average molecular weight is 157 g/mol. The lowest BCUT2D eigenvalue weighted by Crippen LogP contribution is -2.45. The third-order valence-corrected chi connectivity index (χ3v) is 2.49. The predicted molar refractivity (Wildman–Crippen MR) is 46.7 cm³/mol. The summed E-state index contributed by atoms with van der Waals surface area (Å²) in [6, 6.07) is 0.723. The smallest absolute Gasteiger partial charge is 0.0674 e. The van der Waals surface area contributed by atoms with Gasteiger partial charge in [0.1, 0.15) is 0 Å². The zero-order valence-electron chi connectivity index (χ0n) is 7.84. The molecule has 1 rings (SSSR count). The number of ether oxygens (including phenoxy) is 1. The monoisotopic (exact) mass is 157 g/mol. The van der Waals surface area contributed by atoms with Crippen molar-refractivity contribution in [2.75, 3.05) is 19.7 Å². The molecule has 1 aliphatic heterocycles. The highest BCUT2D eigenvalue weighted by Crippen LogP contribution is 2.09. The molecule has 66 valence electrons. The summed E-state index contributed by atoms with van der Waals surface area (Å²) in [5.41, 5.74) is 0. The number of hydrogen-bond donors (Lipinski definition) is 0. The summed E-state index contributed by atoms with van der Waals surface area (Å²) >= 11 is 0. The van der Waals surface area contributed by atoms with Crippen LogP contribution in [-0.2, 0) is 4.74 Å². The molecular formula is C9H19NO. The first kappa shape index (κ1) is 9.01. The van der Waals surface area contributed by atoms with Crippen molar-refractivity contribution in [1.29, 1.82) is 0 Å². The number of hydrogen-bond acceptors (Lipinski definition) is 2. The highest BCUT2D eigenvalue weighted by atomic mass is 16.5. The Balaban J connectivity index is 2.33. The van der Waals surface area contributed by atoms with E-state index in [0.29, 0.717) is 6.10 Å². The van der Waals surface area contributed by atoms with E-state index >= 15 is 0 Å². The molecule has 0 aromatic carbocycles. The maximum absolute atomic E-state index is 5.46. The van der Waals surface area contributed by atoms with Gasteiger partial charge >= 0.3 is 0 Å². The van der Waals surface area contributed by atoms with Crippen LogP contribution < -0.4 is 0 Å². The largest absolute Gasteiger partial charge is 0.376 e. The van der Waals surface area contributed by atoms with E-state index < -0.39 is 0 Å². The summed E-state index contributed by atoms with van der Waals surface area (Å²) in [7, 11) is 0. The molecule has 0 radical (unpaired) electrons. The first-order chi connectivity index (χ1) is 5.24. The SMILES string of the molecule is CC[C@@H](C)N1CCO[C@@H](C)C1. The van der Waals surface area contributed by atoms with Gasteiger partial charge in [-0.15, -0.1) is 0 Å². The van der Waals surface area contributed by atoms with Gasteiger partial charge in [-0.1, -0.05) is 6.92 Å². The quantitative estimate of drug-likeness (QED) is 0.602. The zero-order valence-corrected chi connectivity index (χ0v) is 7.84. The molecule has 11 heavy (non-hydrogen) atoms. The molecule has 0 aromatic heterocycles. The zero-order chi connectivity index (χ0) is 8.27. The summed E-state index contributed by atoms with van der Waals surface area (Å²) < 4.78 is 5.46. The first-order valence-corrected chi connectivity index (χ1v) is 4.59. The van der Waals surface area contributed by atoms with Crippen LogP contribution in [0.15, 0.2) is 0 Å². The minimum Gasteiger partial charge on any atom is -0.376 e. The standard InChI is InChI=1S/C9H19NO/c1-4-8(2)10-5-6-11-9(3)7-10/h8-9H,4-7H2,1-3H3/t8-,9+/m1/s1. The molecule has 1 heterocycles. The fourth-order valence-electron chi connectivity index (χ4n) is 1.50. The molecule has 0 spiro atoms. The fourth-order valence-corrected chi connectivity index (χ4v) is 1.50. The van der Waals surface area contributed by atoms with E-state index in [2.05, 4.69) is 25.7 Å². The molecule has 2 heteroatoms. The van der Waals surface area contributed by atoms with Gasteiger partial charge in [0.15, 0.2) is 0 Å². The number of rotatable bonds is 2. The minimum atomic E-state index is 0.428. The van der Waals surface area contributed by atoms with Crippen LogP contribution in [0.4, 0.5) is 0 Å². The lowest BCUT2D eigenvalue weighted by molar-refractivity contribution is -0.0318. The van der Waals surface area contributed by atoms with E-state index in [-0.39, 0.29) is 0 Å². The Morgan fingerprint density at radius 1 is 1.64 bits per heavy atom. The normalized spacial score (nSPS) is 30.3. The second-order valence-electron chi connectivity index (χ2n) is 3.43. The third kappa shape index (κ3) is 2.46. The molecule has 0 N–H and O–H groups in total. The van der Waals surface area contributed by atoms with E-state index in [1.54, 1.807) is 0 Å². The fraction of sp³-hybridized carbons (Fsp3) is 1.00. The van der Waals surface area contributed by atoms with E-state index in [4.69, 9.17) is 4.74 Å². The Bertz CT molecular complexity index is 116. The summed E-state index contributed by atoms with van der Waals surface area (Å²) in [6.07, 6.45) is 1.67. The van der Waals surface area contributed by atoms with Crippen molar-refractivity contribution in [3.63, 3.8) is 0 Å². The molecular weight excluding hydrogens is 138 g/mol. The Morgan fingerprint density at radius 3 is 2.91 bits per heavy atom. The Morgan fingerprint density at radius 2 is 2.36 bits per heavy atom. The van der Waals surface area contributed by atoms with Crippen molar-refractivity contribution < 1.29 is 4.74 Å². The number of morpholine rings is 1. The molecule has 1 saturated heterocycles. The van der Waals surface area contributed by atoms with Gasteiger partial charge in [-0.3, -0.25) is 4.90 Å². The molecule has 0 aromatic rings. The van der Waals surface area contributed by atoms with Gasteiger partial charge in [0.25, 0.3) is 0 Å². The van der Waals surface area contributed by atoms with E-state index in [0.717, 1.165) is 25.7 Å². The van der Waals surface area contributed by atoms with Crippen molar-refractivity contribution in [2.45, 2.75) is 39.3 Å². The van der Waals surface area contributed by atoms with Crippen molar-refractivity contribution >= 4 is 0 Å². The van der Waals surface area contributed by atoms with Crippen LogP contribution in [-0.4, -0.2) is 36.7 Å². The van der Waals surface area contributed by atoms with E-state index in [1.165, 1.54) is 6.42 Å². The van der Waals surface area contributed by atoms with Crippen molar-refractivity contribution in [1.82, 2.24) is 4.90 Å². The Labute approximate surface area is 69.5 Å². The van der Waals surface area contributed by atoms with Gasteiger partial charge in [0.2, 0.25) is 0 Å². The predicted octanol–water partition coefficient (Wildman–Crippen LogP) is 1.51. The van der Waals surface area contributed by atoms with Crippen molar-refractivity contribution in [2.24, 2.45) is 0 Å². The molecule has 0 unspecified atom stereocenters. The van der Waals surface area contributed by atoms with Crippen LogP contribution in [0.25, 0.3) is 0 Å². The van der Waals surface area contributed by atoms with Crippen molar-refractivity contribution in [3.8, 4) is 0 Å². The number of nitrogens with zero attached hydrogens (tertiary/aromatic N) is 1. The molecule has 0 amide bonds. The summed E-state index contributed by atoms with van der Waals surface area (Å²) in [5, 5.41) is 0. The Kier molecular flexibility index (Phi) is 3.34.